The number of benzene rings is 2. The van der Waals surface area contributed by atoms with E-state index in [0.29, 0.717) is 0 Å². The van der Waals surface area contributed by atoms with Gasteiger partial charge in [0.25, 0.3) is 0 Å². The predicted molar refractivity (Wildman–Crippen MR) is 91.6 cm³/mol. The zero-order valence-electron chi connectivity index (χ0n) is 12.2. The van der Waals surface area contributed by atoms with Crippen molar-refractivity contribution in [2.24, 2.45) is 0 Å². The number of hydrogen-bond donors (Lipinski definition) is 0. The van der Waals surface area contributed by atoms with Gasteiger partial charge in [-0.15, -0.1) is 0 Å². The van der Waals surface area contributed by atoms with Crippen LogP contribution in [0, 0.1) is 0 Å². The van der Waals surface area contributed by atoms with Crippen LogP contribution in [-0.4, -0.2) is 0 Å². The van der Waals surface area contributed by atoms with E-state index in [-0.39, 0.29) is 0 Å². The van der Waals surface area contributed by atoms with E-state index in [1.54, 1.807) is 0 Å². The van der Waals surface area contributed by atoms with Gasteiger partial charge in [0.15, 0.2) is 0 Å². The van der Waals surface area contributed by atoms with E-state index in [9.17, 15) is 0 Å². The van der Waals surface area contributed by atoms with Crippen molar-refractivity contribution in [3.63, 3.8) is 0 Å². The van der Waals surface area contributed by atoms with Crippen LogP contribution in [0.5, 0.6) is 0 Å². The Morgan fingerprint density at radius 2 is 1.55 bits per heavy atom. The largest absolute Gasteiger partial charge is 0.0985 e. The molecule has 0 amide bonds. The van der Waals surface area contributed by atoms with Crippen molar-refractivity contribution in [1.29, 1.82) is 0 Å². The molecule has 0 aliphatic heterocycles. The summed E-state index contributed by atoms with van der Waals surface area (Å²) in [5, 5.41) is 2.47. The second-order valence-electron chi connectivity index (χ2n) is 4.75. The Hall–Kier alpha value is -2.34. The quantitative estimate of drug-likeness (QED) is 0.590. The number of allylic oxidation sites excluding steroid dienone is 6. The van der Waals surface area contributed by atoms with Gasteiger partial charge in [0.1, 0.15) is 0 Å². The second-order valence-corrected chi connectivity index (χ2v) is 4.75. The summed E-state index contributed by atoms with van der Waals surface area (Å²) in [6, 6.07) is 13.0. The minimum atomic E-state index is 1.04. The summed E-state index contributed by atoms with van der Waals surface area (Å²) in [6.07, 6.45) is 8.02. The van der Waals surface area contributed by atoms with Crippen molar-refractivity contribution in [3.05, 3.63) is 85.0 Å². The first-order valence-electron chi connectivity index (χ1n) is 6.84. The van der Waals surface area contributed by atoms with E-state index < -0.39 is 0 Å². The molecule has 0 spiro atoms. The Balaban J connectivity index is 2.49. The molecular weight excluding hydrogens is 240 g/mol. The molecule has 0 atom stereocenters. The molecule has 2 aromatic carbocycles. The summed E-state index contributed by atoms with van der Waals surface area (Å²) >= 11 is 0. The van der Waals surface area contributed by atoms with Gasteiger partial charge in [0.05, 0.1) is 0 Å². The highest BCUT2D eigenvalue weighted by atomic mass is 14.1. The van der Waals surface area contributed by atoms with E-state index in [0.717, 1.165) is 11.1 Å². The molecule has 0 unspecified atom stereocenters. The maximum atomic E-state index is 4.08. The lowest BCUT2D eigenvalue weighted by molar-refractivity contribution is 1.61. The third-order valence-electron chi connectivity index (χ3n) is 3.44. The van der Waals surface area contributed by atoms with E-state index in [1.165, 1.54) is 21.9 Å². The van der Waals surface area contributed by atoms with Gasteiger partial charge < -0.3 is 0 Å². The number of hydrogen-bond acceptors (Lipinski definition) is 0. The van der Waals surface area contributed by atoms with Crippen LogP contribution in [-0.2, 0) is 0 Å². The van der Waals surface area contributed by atoms with E-state index in [2.05, 4.69) is 55.6 Å². The van der Waals surface area contributed by atoms with Crippen molar-refractivity contribution in [3.8, 4) is 0 Å². The standard InChI is InChI=1S/C20H20/c1-5-8-15(4)17-9-10-20-14-18(16(6-2)7-3)11-12-19(20)13-17/h5-14H,2,4H2,1,3H3/b8-5-,16-7+. The maximum absolute atomic E-state index is 4.08. The van der Waals surface area contributed by atoms with Crippen molar-refractivity contribution in [2.45, 2.75) is 13.8 Å². The average Bonchev–Trinajstić information content (AvgIpc) is 2.48. The Morgan fingerprint density at radius 1 is 0.950 bits per heavy atom. The highest BCUT2D eigenvalue weighted by molar-refractivity contribution is 5.90. The van der Waals surface area contributed by atoms with Crippen LogP contribution in [0.4, 0.5) is 0 Å². The highest BCUT2D eigenvalue weighted by Gasteiger charge is 2.01. The Morgan fingerprint density at radius 3 is 2.10 bits per heavy atom. The summed E-state index contributed by atoms with van der Waals surface area (Å²) in [6.45, 7) is 12.0. The molecule has 0 radical (unpaired) electrons. The first-order chi connectivity index (χ1) is 9.69. The summed E-state index contributed by atoms with van der Waals surface area (Å²) in [5.74, 6) is 0. The molecule has 0 fully saturated rings. The maximum Gasteiger partial charge on any atom is -0.0177 e. The highest BCUT2D eigenvalue weighted by Crippen LogP contribution is 2.25. The van der Waals surface area contributed by atoms with Crippen LogP contribution in [0.2, 0.25) is 0 Å². The molecule has 0 nitrogen and oxygen atoms in total. The lowest BCUT2D eigenvalue weighted by Gasteiger charge is -2.07. The summed E-state index contributed by atoms with van der Waals surface area (Å²) < 4.78 is 0. The van der Waals surface area contributed by atoms with Crippen molar-refractivity contribution in [2.75, 3.05) is 0 Å². The molecular formula is C20H20. The molecule has 0 N–H and O–H groups in total. The fourth-order valence-corrected chi connectivity index (χ4v) is 2.32. The minimum absolute atomic E-state index is 1.04. The fourth-order valence-electron chi connectivity index (χ4n) is 2.32. The Bertz CT molecular complexity index is 712. The van der Waals surface area contributed by atoms with Crippen LogP contribution in [0.15, 0.2) is 73.9 Å². The van der Waals surface area contributed by atoms with Crippen LogP contribution in [0.3, 0.4) is 0 Å². The van der Waals surface area contributed by atoms with Crippen molar-refractivity contribution < 1.29 is 0 Å². The van der Waals surface area contributed by atoms with Gasteiger partial charge >= 0.3 is 0 Å². The minimum Gasteiger partial charge on any atom is -0.0985 e. The van der Waals surface area contributed by atoms with Crippen molar-refractivity contribution >= 4 is 21.9 Å². The summed E-state index contributed by atoms with van der Waals surface area (Å²) in [7, 11) is 0. The molecule has 0 saturated heterocycles. The third kappa shape index (κ3) is 2.80. The fraction of sp³-hybridized carbons (Fsp3) is 0.100. The number of fused-ring (bicyclic) bond motifs is 1. The average molecular weight is 260 g/mol. The number of rotatable bonds is 4. The van der Waals surface area contributed by atoms with E-state index >= 15 is 0 Å². The van der Waals surface area contributed by atoms with Crippen LogP contribution < -0.4 is 0 Å². The molecule has 0 heteroatoms. The Kier molecular flexibility index (Phi) is 4.37. The molecule has 100 valence electrons. The first-order valence-corrected chi connectivity index (χ1v) is 6.84. The van der Waals surface area contributed by atoms with Crippen molar-refractivity contribution in [1.82, 2.24) is 0 Å². The molecule has 0 aliphatic carbocycles. The molecule has 2 aromatic rings. The zero-order chi connectivity index (χ0) is 14.5. The van der Waals surface area contributed by atoms with E-state index in [4.69, 9.17) is 0 Å². The van der Waals surface area contributed by atoms with Gasteiger partial charge in [0.2, 0.25) is 0 Å². The molecule has 0 aromatic heterocycles. The second kappa shape index (κ2) is 6.21. The van der Waals surface area contributed by atoms with Crippen LogP contribution in [0.25, 0.3) is 21.9 Å². The molecule has 0 heterocycles. The molecule has 2 rings (SSSR count). The smallest absolute Gasteiger partial charge is 0.0177 e. The lowest BCUT2D eigenvalue weighted by Crippen LogP contribution is -1.84. The van der Waals surface area contributed by atoms with Crippen LogP contribution in [0.1, 0.15) is 25.0 Å². The SMILES string of the molecule is C=C/C(=C\C)c1ccc2cc(C(=C)/C=C\C)ccc2c1. The van der Waals surface area contributed by atoms with Gasteiger partial charge in [-0.3, -0.25) is 0 Å². The lowest BCUT2D eigenvalue weighted by atomic mass is 9.98. The normalized spacial score (nSPS) is 12.0. The van der Waals surface area contributed by atoms with Gasteiger partial charge in [-0.25, -0.2) is 0 Å². The first kappa shape index (κ1) is 14.1. The Labute approximate surface area is 121 Å². The van der Waals surface area contributed by atoms with Gasteiger partial charge in [-0.2, -0.15) is 0 Å². The zero-order valence-corrected chi connectivity index (χ0v) is 12.2. The van der Waals surface area contributed by atoms with Gasteiger partial charge in [0, 0.05) is 0 Å². The topological polar surface area (TPSA) is 0 Å². The molecule has 20 heavy (non-hydrogen) atoms. The molecule has 0 saturated carbocycles. The van der Waals surface area contributed by atoms with E-state index in [1.807, 2.05) is 32.1 Å². The molecule has 0 bridgehead atoms. The van der Waals surface area contributed by atoms with Gasteiger partial charge in [-0.1, -0.05) is 61.7 Å². The monoisotopic (exact) mass is 260 g/mol. The summed E-state index contributed by atoms with van der Waals surface area (Å²) in [4.78, 5) is 0. The van der Waals surface area contributed by atoms with Crippen LogP contribution >= 0.6 is 0 Å². The predicted octanol–water partition coefficient (Wildman–Crippen LogP) is 6.02. The van der Waals surface area contributed by atoms with Gasteiger partial charge in [-0.05, 0) is 59.0 Å². The third-order valence-corrected chi connectivity index (χ3v) is 3.44. The molecule has 0 aliphatic rings. The summed E-state index contributed by atoms with van der Waals surface area (Å²) in [5.41, 5.74) is 4.57.